The topological polar surface area (TPSA) is 21.3 Å². The Morgan fingerprint density at radius 2 is 1.85 bits per heavy atom. The van der Waals surface area contributed by atoms with Crippen LogP contribution in [0.2, 0.25) is 0 Å². The van der Waals surface area contributed by atoms with E-state index in [4.69, 9.17) is 4.74 Å². The molecule has 0 heterocycles. The highest BCUT2D eigenvalue weighted by Crippen LogP contribution is 2.19. The molecule has 0 spiro atoms. The fourth-order valence-electron chi connectivity index (χ4n) is 2.19. The van der Waals surface area contributed by atoms with Crippen LogP contribution in [0.25, 0.3) is 0 Å². The normalized spacial score (nSPS) is 12.2. The zero-order valence-electron chi connectivity index (χ0n) is 12.1. The van der Waals surface area contributed by atoms with Gasteiger partial charge in [-0.25, -0.2) is 4.39 Å². The van der Waals surface area contributed by atoms with Crippen LogP contribution in [0.3, 0.4) is 0 Å². The van der Waals surface area contributed by atoms with E-state index in [2.05, 4.69) is 24.4 Å². The molecule has 0 unspecified atom stereocenters. The van der Waals surface area contributed by atoms with Crippen molar-refractivity contribution in [2.24, 2.45) is 0 Å². The van der Waals surface area contributed by atoms with Crippen LogP contribution < -0.4 is 10.1 Å². The van der Waals surface area contributed by atoms with Crippen LogP contribution in [0, 0.1) is 12.7 Å². The summed E-state index contributed by atoms with van der Waals surface area (Å²) in [7, 11) is 1.68. The average Bonchev–Trinajstić information content (AvgIpc) is 2.45. The van der Waals surface area contributed by atoms with Gasteiger partial charge in [-0.1, -0.05) is 24.3 Å². The van der Waals surface area contributed by atoms with Gasteiger partial charge in [0.2, 0.25) is 0 Å². The minimum atomic E-state index is -0.202. The molecule has 0 fully saturated rings. The molecule has 0 amide bonds. The first-order chi connectivity index (χ1) is 9.60. The second kappa shape index (κ2) is 6.53. The summed E-state index contributed by atoms with van der Waals surface area (Å²) in [4.78, 5) is 0. The molecule has 2 nitrogen and oxygen atoms in total. The van der Waals surface area contributed by atoms with Crippen molar-refractivity contribution in [2.45, 2.75) is 26.4 Å². The number of ether oxygens (including phenoxy) is 1. The SMILES string of the molecule is COc1ccc(CN[C@@H](C)c2ccc(F)cc2)cc1C. The summed E-state index contributed by atoms with van der Waals surface area (Å²) in [5.74, 6) is 0.701. The quantitative estimate of drug-likeness (QED) is 0.889. The monoisotopic (exact) mass is 273 g/mol. The fourth-order valence-corrected chi connectivity index (χ4v) is 2.19. The average molecular weight is 273 g/mol. The van der Waals surface area contributed by atoms with Gasteiger partial charge in [0.1, 0.15) is 11.6 Å². The molecule has 0 aliphatic rings. The fraction of sp³-hybridized carbons (Fsp3) is 0.294. The van der Waals surface area contributed by atoms with Gasteiger partial charge in [0, 0.05) is 12.6 Å². The highest BCUT2D eigenvalue weighted by molar-refractivity contribution is 5.36. The zero-order valence-corrected chi connectivity index (χ0v) is 12.1. The Morgan fingerprint density at radius 3 is 2.45 bits per heavy atom. The molecule has 1 atom stereocenters. The summed E-state index contributed by atoms with van der Waals surface area (Å²) in [6, 6.07) is 12.9. The molecule has 20 heavy (non-hydrogen) atoms. The van der Waals surface area contributed by atoms with E-state index in [1.54, 1.807) is 7.11 Å². The van der Waals surface area contributed by atoms with Crippen molar-refractivity contribution >= 4 is 0 Å². The molecule has 2 aromatic rings. The standard InChI is InChI=1S/C17H20FNO/c1-12-10-14(4-9-17(12)20-3)11-19-13(2)15-5-7-16(18)8-6-15/h4-10,13,19H,11H2,1-3H3/t13-/m0/s1. The van der Waals surface area contributed by atoms with E-state index in [-0.39, 0.29) is 11.9 Å². The van der Waals surface area contributed by atoms with Crippen molar-refractivity contribution in [3.8, 4) is 5.75 Å². The number of aryl methyl sites for hydroxylation is 1. The lowest BCUT2D eigenvalue weighted by Gasteiger charge is -2.15. The van der Waals surface area contributed by atoms with E-state index in [0.717, 1.165) is 23.4 Å². The van der Waals surface area contributed by atoms with E-state index < -0.39 is 0 Å². The second-order valence-corrected chi connectivity index (χ2v) is 4.96. The number of hydrogen-bond acceptors (Lipinski definition) is 2. The molecule has 0 saturated carbocycles. The van der Waals surface area contributed by atoms with E-state index in [1.165, 1.54) is 17.7 Å². The number of halogens is 1. The Labute approximate surface area is 119 Å². The van der Waals surface area contributed by atoms with Crippen molar-refractivity contribution in [2.75, 3.05) is 7.11 Å². The molecule has 2 aromatic carbocycles. The van der Waals surface area contributed by atoms with Gasteiger partial charge in [-0.15, -0.1) is 0 Å². The predicted octanol–water partition coefficient (Wildman–Crippen LogP) is 3.99. The van der Waals surface area contributed by atoms with Crippen LogP contribution in [0.5, 0.6) is 5.75 Å². The van der Waals surface area contributed by atoms with Crippen molar-refractivity contribution in [1.29, 1.82) is 0 Å². The molecule has 2 rings (SSSR count). The maximum atomic E-state index is 12.9. The van der Waals surface area contributed by atoms with Gasteiger partial charge in [0.25, 0.3) is 0 Å². The van der Waals surface area contributed by atoms with E-state index in [1.807, 2.05) is 25.1 Å². The first kappa shape index (κ1) is 14.5. The van der Waals surface area contributed by atoms with Crippen molar-refractivity contribution < 1.29 is 9.13 Å². The van der Waals surface area contributed by atoms with Gasteiger partial charge in [-0.05, 0) is 48.7 Å². The number of hydrogen-bond donors (Lipinski definition) is 1. The van der Waals surface area contributed by atoms with Gasteiger partial charge < -0.3 is 10.1 Å². The van der Waals surface area contributed by atoms with E-state index in [9.17, 15) is 4.39 Å². The molecular weight excluding hydrogens is 253 g/mol. The third kappa shape index (κ3) is 3.58. The molecule has 0 aliphatic carbocycles. The first-order valence-corrected chi connectivity index (χ1v) is 6.72. The van der Waals surface area contributed by atoms with Gasteiger partial charge >= 0.3 is 0 Å². The summed E-state index contributed by atoms with van der Waals surface area (Å²) in [6.45, 7) is 4.87. The summed E-state index contributed by atoms with van der Waals surface area (Å²) >= 11 is 0. The van der Waals surface area contributed by atoms with Crippen LogP contribution in [0.15, 0.2) is 42.5 Å². The van der Waals surface area contributed by atoms with Gasteiger partial charge in [0.15, 0.2) is 0 Å². The van der Waals surface area contributed by atoms with Crippen LogP contribution in [-0.2, 0) is 6.54 Å². The summed E-state index contributed by atoms with van der Waals surface area (Å²) in [6.07, 6.45) is 0. The van der Waals surface area contributed by atoms with E-state index in [0.29, 0.717) is 0 Å². The molecule has 0 aliphatic heterocycles. The molecular formula is C17H20FNO. The lowest BCUT2D eigenvalue weighted by atomic mass is 10.1. The minimum absolute atomic E-state index is 0.179. The lowest BCUT2D eigenvalue weighted by Crippen LogP contribution is -2.18. The van der Waals surface area contributed by atoms with Crippen LogP contribution in [-0.4, -0.2) is 7.11 Å². The lowest BCUT2D eigenvalue weighted by molar-refractivity contribution is 0.411. The number of nitrogens with one attached hydrogen (secondary N) is 1. The van der Waals surface area contributed by atoms with Crippen molar-refractivity contribution in [3.63, 3.8) is 0 Å². The Morgan fingerprint density at radius 1 is 1.15 bits per heavy atom. The minimum Gasteiger partial charge on any atom is -0.496 e. The van der Waals surface area contributed by atoms with Crippen molar-refractivity contribution in [3.05, 3.63) is 65.0 Å². The Bertz CT molecular complexity index is 566. The van der Waals surface area contributed by atoms with Crippen LogP contribution in [0.1, 0.15) is 29.7 Å². The van der Waals surface area contributed by atoms with Crippen LogP contribution in [0.4, 0.5) is 4.39 Å². The summed E-state index contributed by atoms with van der Waals surface area (Å²) in [5, 5.41) is 3.44. The van der Waals surface area contributed by atoms with Gasteiger partial charge in [-0.3, -0.25) is 0 Å². The van der Waals surface area contributed by atoms with Gasteiger partial charge in [0.05, 0.1) is 7.11 Å². The molecule has 106 valence electrons. The Balaban J connectivity index is 1.97. The molecule has 0 aromatic heterocycles. The Kier molecular flexibility index (Phi) is 4.74. The maximum absolute atomic E-state index is 12.9. The predicted molar refractivity (Wildman–Crippen MR) is 79.4 cm³/mol. The third-order valence-electron chi connectivity index (χ3n) is 3.44. The Hall–Kier alpha value is -1.87. The molecule has 0 radical (unpaired) electrons. The maximum Gasteiger partial charge on any atom is 0.123 e. The smallest absolute Gasteiger partial charge is 0.123 e. The van der Waals surface area contributed by atoms with E-state index >= 15 is 0 Å². The highest BCUT2D eigenvalue weighted by Gasteiger charge is 2.06. The molecule has 0 saturated heterocycles. The van der Waals surface area contributed by atoms with Crippen molar-refractivity contribution in [1.82, 2.24) is 5.32 Å². The largest absolute Gasteiger partial charge is 0.496 e. The molecule has 1 N–H and O–H groups in total. The zero-order chi connectivity index (χ0) is 14.5. The summed E-state index contributed by atoms with van der Waals surface area (Å²) in [5.41, 5.74) is 3.41. The van der Waals surface area contributed by atoms with Gasteiger partial charge in [-0.2, -0.15) is 0 Å². The molecule has 0 bridgehead atoms. The van der Waals surface area contributed by atoms with Crippen LogP contribution >= 0.6 is 0 Å². The number of methoxy groups -OCH3 is 1. The second-order valence-electron chi connectivity index (χ2n) is 4.96. The number of rotatable bonds is 5. The molecule has 3 heteroatoms. The highest BCUT2D eigenvalue weighted by atomic mass is 19.1. The number of benzene rings is 2. The first-order valence-electron chi connectivity index (χ1n) is 6.72. The summed E-state index contributed by atoms with van der Waals surface area (Å²) < 4.78 is 18.1. The third-order valence-corrected chi connectivity index (χ3v) is 3.44.